The summed E-state index contributed by atoms with van der Waals surface area (Å²) in [6.45, 7) is 5.45. The van der Waals surface area contributed by atoms with Gasteiger partial charge in [0.1, 0.15) is 0 Å². The van der Waals surface area contributed by atoms with E-state index in [1.807, 2.05) is 6.92 Å². The van der Waals surface area contributed by atoms with Gasteiger partial charge in [0.25, 0.3) is 0 Å². The first-order chi connectivity index (χ1) is 5.56. The monoisotopic (exact) mass is 191 g/mol. The van der Waals surface area contributed by atoms with E-state index >= 15 is 0 Å². The predicted molar refractivity (Wildman–Crippen MR) is 49.4 cm³/mol. The second-order valence-electron chi connectivity index (χ2n) is 3.57. The van der Waals surface area contributed by atoms with Gasteiger partial charge < -0.3 is 0 Å². The second-order valence-corrected chi connectivity index (χ2v) is 5.66. The summed E-state index contributed by atoms with van der Waals surface area (Å²) in [4.78, 5) is 0. The summed E-state index contributed by atoms with van der Waals surface area (Å²) in [5, 5.41) is 0. The van der Waals surface area contributed by atoms with Crippen LogP contribution in [-0.2, 0) is 10.0 Å². The first-order valence-electron chi connectivity index (χ1n) is 4.54. The summed E-state index contributed by atoms with van der Waals surface area (Å²) in [6, 6.07) is 0. The van der Waals surface area contributed by atoms with Crippen LogP contribution >= 0.6 is 0 Å². The fraction of sp³-hybridized carbons (Fsp3) is 1.00. The Kier molecular flexibility index (Phi) is 3.12. The molecule has 1 heterocycles. The first kappa shape index (κ1) is 9.99. The number of nitrogens with zero attached hydrogens (tertiary/aromatic N) is 1. The molecule has 0 amide bonds. The van der Waals surface area contributed by atoms with Crippen LogP contribution in [0.25, 0.3) is 0 Å². The molecule has 1 aliphatic rings. The molecule has 1 saturated heterocycles. The summed E-state index contributed by atoms with van der Waals surface area (Å²) in [5.74, 6) is 0.844. The van der Waals surface area contributed by atoms with Crippen molar-refractivity contribution in [2.75, 3.05) is 18.8 Å². The maximum atomic E-state index is 11.5. The molecular formula is C8H17NO2S. The Hall–Kier alpha value is -0.0900. The highest BCUT2D eigenvalue weighted by Gasteiger charge is 2.27. The third kappa shape index (κ3) is 2.20. The van der Waals surface area contributed by atoms with Crippen LogP contribution < -0.4 is 0 Å². The summed E-state index contributed by atoms with van der Waals surface area (Å²) >= 11 is 0. The average Bonchev–Trinajstić information content (AvgIpc) is 2.36. The van der Waals surface area contributed by atoms with E-state index in [1.54, 1.807) is 4.31 Å². The highest BCUT2D eigenvalue weighted by Crippen LogP contribution is 2.18. The summed E-state index contributed by atoms with van der Waals surface area (Å²) < 4.78 is 24.6. The molecule has 0 aromatic carbocycles. The van der Waals surface area contributed by atoms with Gasteiger partial charge in [-0.05, 0) is 18.8 Å². The van der Waals surface area contributed by atoms with Gasteiger partial charge in [0.15, 0.2) is 0 Å². The number of rotatable bonds is 3. The molecule has 12 heavy (non-hydrogen) atoms. The van der Waals surface area contributed by atoms with Crippen LogP contribution in [0.2, 0.25) is 0 Å². The van der Waals surface area contributed by atoms with Crippen LogP contribution in [0.15, 0.2) is 0 Å². The minimum Gasteiger partial charge on any atom is -0.212 e. The van der Waals surface area contributed by atoms with Gasteiger partial charge in [0.2, 0.25) is 10.0 Å². The van der Waals surface area contributed by atoms with Crippen LogP contribution in [-0.4, -0.2) is 31.6 Å². The van der Waals surface area contributed by atoms with Crippen LogP contribution in [0.3, 0.4) is 0 Å². The quantitative estimate of drug-likeness (QED) is 0.669. The van der Waals surface area contributed by atoms with Gasteiger partial charge in [0.05, 0.1) is 5.75 Å². The van der Waals surface area contributed by atoms with Gasteiger partial charge in [-0.25, -0.2) is 12.7 Å². The van der Waals surface area contributed by atoms with E-state index in [2.05, 4.69) is 6.92 Å². The summed E-state index contributed by atoms with van der Waals surface area (Å²) in [7, 11) is -2.91. The fourth-order valence-electron chi connectivity index (χ4n) is 1.53. The molecule has 0 unspecified atom stereocenters. The van der Waals surface area contributed by atoms with Crippen LogP contribution in [0, 0.1) is 5.92 Å². The Balaban J connectivity index is 2.58. The zero-order chi connectivity index (χ0) is 9.19. The third-order valence-corrected chi connectivity index (χ3v) is 4.28. The van der Waals surface area contributed by atoms with E-state index in [0.29, 0.717) is 18.1 Å². The van der Waals surface area contributed by atoms with E-state index in [-0.39, 0.29) is 0 Å². The normalized spacial score (nSPS) is 26.3. The van der Waals surface area contributed by atoms with Gasteiger partial charge >= 0.3 is 0 Å². The maximum Gasteiger partial charge on any atom is 0.214 e. The molecule has 0 saturated carbocycles. The van der Waals surface area contributed by atoms with Gasteiger partial charge in [0, 0.05) is 13.1 Å². The zero-order valence-corrected chi connectivity index (χ0v) is 8.60. The molecule has 1 atom stereocenters. The molecule has 3 nitrogen and oxygen atoms in total. The molecule has 1 aliphatic heterocycles. The summed E-state index contributed by atoms with van der Waals surface area (Å²) in [5.41, 5.74) is 0. The lowest BCUT2D eigenvalue weighted by Crippen LogP contribution is -2.30. The lowest BCUT2D eigenvalue weighted by Gasteiger charge is -2.14. The first-order valence-corrected chi connectivity index (χ1v) is 6.15. The number of hydrogen-bond acceptors (Lipinski definition) is 2. The van der Waals surface area contributed by atoms with Crippen molar-refractivity contribution in [3.05, 3.63) is 0 Å². The molecule has 0 aromatic rings. The highest BCUT2D eigenvalue weighted by atomic mass is 32.2. The Morgan fingerprint density at radius 3 is 2.58 bits per heavy atom. The SMILES string of the molecule is CCCS(=O)(=O)N1CC[C@H](C)C1. The van der Waals surface area contributed by atoms with Gasteiger partial charge in [-0.3, -0.25) is 0 Å². The smallest absolute Gasteiger partial charge is 0.212 e. The standard InChI is InChI=1S/C8H17NO2S/c1-3-6-12(10,11)9-5-4-8(2)7-9/h8H,3-7H2,1-2H3/t8-/m0/s1. The molecule has 4 heteroatoms. The lowest BCUT2D eigenvalue weighted by atomic mass is 10.2. The Morgan fingerprint density at radius 2 is 2.17 bits per heavy atom. The Morgan fingerprint density at radius 1 is 1.50 bits per heavy atom. The van der Waals surface area contributed by atoms with Crippen LogP contribution in [0.5, 0.6) is 0 Å². The Bertz CT molecular complexity index is 235. The van der Waals surface area contributed by atoms with Crippen molar-refractivity contribution in [3.8, 4) is 0 Å². The van der Waals surface area contributed by atoms with Crippen LogP contribution in [0.1, 0.15) is 26.7 Å². The van der Waals surface area contributed by atoms with Crippen molar-refractivity contribution in [1.29, 1.82) is 0 Å². The Labute approximate surface area is 74.8 Å². The molecule has 0 bridgehead atoms. The maximum absolute atomic E-state index is 11.5. The molecular weight excluding hydrogens is 174 g/mol. The molecule has 0 radical (unpaired) electrons. The molecule has 0 aliphatic carbocycles. The van der Waals surface area contributed by atoms with Crippen molar-refractivity contribution >= 4 is 10.0 Å². The van der Waals surface area contributed by atoms with Gasteiger partial charge in [-0.2, -0.15) is 0 Å². The van der Waals surface area contributed by atoms with Crippen molar-refractivity contribution in [1.82, 2.24) is 4.31 Å². The highest BCUT2D eigenvalue weighted by molar-refractivity contribution is 7.89. The molecule has 0 aromatic heterocycles. The molecule has 0 N–H and O–H groups in total. The minimum atomic E-state index is -2.91. The largest absolute Gasteiger partial charge is 0.214 e. The third-order valence-electron chi connectivity index (χ3n) is 2.24. The number of sulfonamides is 1. The van der Waals surface area contributed by atoms with Crippen molar-refractivity contribution in [3.63, 3.8) is 0 Å². The summed E-state index contributed by atoms with van der Waals surface area (Å²) in [6.07, 6.45) is 1.73. The predicted octanol–water partition coefficient (Wildman–Crippen LogP) is 1.07. The van der Waals surface area contributed by atoms with Crippen molar-refractivity contribution in [2.45, 2.75) is 26.7 Å². The lowest BCUT2D eigenvalue weighted by molar-refractivity contribution is 0.464. The van der Waals surface area contributed by atoms with Crippen molar-refractivity contribution < 1.29 is 8.42 Å². The van der Waals surface area contributed by atoms with E-state index in [4.69, 9.17) is 0 Å². The van der Waals surface area contributed by atoms with E-state index in [1.165, 1.54) is 0 Å². The number of hydrogen-bond donors (Lipinski definition) is 0. The molecule has 1 rings (SSSR count). The van der Waals surface area contributed by atoms with Crippen molar-refractivity contribution in [2.24, 2.45) is 5.92 Å². The van der Waals surface area contributed by atoms with Crippen LogP contribution in [0.4, 0.5) is 0 Å². The average molecular weight is 191 g/mol. The van der Waals surface area contributed by atoms with E-state index in [9.17, 15) is 8.42 Å². The minimum absolute atomic E-state index is 0.305. The van der Waals surface area contributed by atoms with Gasteiger partial charge in [-0.1, -0.05) is 13.8 Å². The molecule has 72 valence electrons. The van der Waals surface area contributed by atoms with Gasteiger partial charge in [-0.15, -0.1) is 0 Å². The zero-order valence-electron chi connectivity index (χ0n) is 7.78. The molecule has 1 fully saturated rings. The second kappa shape index (κ2) is 3.75. The fourth-order valence-corrected chi connectivity index (χ4v) is 3.17. The topological polar surface area (TPSA) is 37.4 Å². The van der Waals surface area contributed by atoms with E-state index < -0.39 is 10.0 Å². The molecule has 0 spiro atoms. The van der Waals surface area contributed by atoms with E-state index in [0.717, 1.165) is 19.5 Å².